The van der Waals surface area contributed by atoms with E-state index in [0.29, 0.717) is 25.9 Å². The van der Waals surface area contributed by atoms with Crippen molar-refractivity contribution in [2.24, 2.45) is 11.7 Å². The lowest BCUT2D eigenvalue weighted by molar-refractivity contribution is -0.126. The number of primary amides is 1. The first-order valence-electron chi connectivity index (χ1n) is 7.18. The first kappa shape index (κ1) is 16.4. The van der Waals surface area contributed by atoms with Crippen LogP contribution in [0.15, 0.2) is 18.2 Å². The smallest absolute Gasteiger partial charge is 0.231 e. The molecular weight excluding hydrogens is 292 g/mol. The molecule has 2 rings (SSSR count). The third-order valence-corrected chi connectivity index (χ3v) is 3.84. The molecule has 1 fully saturated rings. The quantitative estimate of drug-likeness (QED) is 0.844. The molecule has 0 spiro atoms. The maximum Gasteiger partial charge on any atom is 0.231 e. The van der Waals surface area contributed by atoms with E-state index in [1.54, 1.807) is 0 Å². The number of rotatable bonds is 5. The Morgan fingerprint density at radius 1 is 1.23 bits per heavy atom. The van der Waals surface area contributed by atoms with Crippen LogP contribution < -0.4 is 11.1 Å². The fraction of sp³-hybridized carbons (Fsp3) is 0.467. The maximum atomic E-state index is 13.5. The molecule has 1 saturated heterocycles. The Bertz CT molecular complexity index is 537. The van der Waals surface area contributed by atoms with Gasteiger partial charge in [0.1, 0.15) is 11.6 Å². The number of hydrogen-bond acceptors (Lipinski definition) is 3. The first-order valence-corrected chi connectivity index (χ1v) is 7.18. The SMILES string of the molecule is NC(=O)CN1CCC(C(=O)NCc2c(F)cccc2F)CC1. The van der Waals surface area contributed by atoms with Crippen LogP contribution in [-0.2, 0) is 16.1 Å². The minimum absolute atomic E-state index is 0.137. The number of carbonyl (C=O) groups is 2. The number of hydrogen-bond donors (Lipinski definition) is 2. The second-order valence-electron chi connectivity index (χ2n) is 5.43. The number of piperidine rings is 1. The molecule has 0 saturated carbocycles. The molecule has 1 aliphatic heterocycles. The molecule has 0 radical (unpaired) electrons. The average molecular weight is 311 g/mol. The Hall–Kier alpha value is -2.02. The molecule has 0 atom stereocenters. The summed E-state index contributed by atoms with van der Waals surface area (Å²) in [6, 6.07) is 3.60. The van der Waals surface area contributed by atoms with Crippen LogP contribution >= 0.6 is 0 Å². The van der Waals surface area contributed by atoms with E-state index in [2.05, 4.69) is 5.32 Å². The molecule has 5 nitrogen and oxygen atoms in total. The largest absolute Gasteiger partial charge is 0.369 e. The molecular formula is C15H19F2N3O2. The topological polar surface area (TPSA) is 75.4 Å². The second-order valence-corrected chi connectivity index (χ2v) is 5.43. The fourth-order valence-electron chi connectivity index (χ4n) is 2.59. The van der Waals surface area contributed by atoms with Gasteiger partial charge in [0.2, 0.25) is 11.8 Å². The highest BCUT2D eigenvalue weighted by Gasteiger charge is 2.25. The van der Waals surface area contributed by atoms with Gasteiger partial charge in [-0.2, -0.15) is 0 Å². The summed E-state index contributed by atoms with van der Waals surface area (Å²) in [6.07, 6.45) is 1.19. The number of nitrogens with one attached hydrogen (secondary N) is 1. The molecule has 22 heavy (non-hydrogen) atoms. The minimum atomic E-state index is -0.670. The van der Waals surface area contributed by atoms with E-state index in [1.165, 1.54) is 6.07 Å². The Morgan fingerprint density at radius 2 is 1.82 bits per heavy atom. The summed E-state index contributed by atoms with van der Waals surface area (Å²) in [5.74, 6) is -2.16. The molecule has 1 aromatic rings. The van der Waals surface area contributed by atoms with Crippen molar-refractivity contribution in [3.63, 3.8) is 0 Å². The summed E-state index contributed by atoms with van der Waals surface area (Å²) in [5, 5.41) is 2.58. The van der Waals surface area contributed by atoms with Crippen molar-refractivity contribution in [1.29, 1.82) is 0 Å². The Balaban J connectivity index is 1.83. The van der Waals surface area contributed by atoms with Crippen LogP contribution in [0.3, 0.4) is 0 Å². The van der Waals surface area contributed by atoms with Gasteiger partial charge in [0.05, 0.1) is 6.54 Å². The summed E-state index contributed by atoms with van der Waals surface area (Å²) in [5.41, 5.74) is 4.99. The molecule has 1 aromatic carbocycles. The van der Waals surface area contributed by atoms with Crippen molar-refractivity contribution < 1.29 is 18.4 Å². The number of halogens is 2. The van der Waals surface area contributed by atoms with Gasteiger partial charge < -0.3 is 11.1 Å². The van der Waals surface area contributed by atoms with Crippen molar-refractivity contribution in [3.8, 4) is 0 Å². The number of likely N-dealkylation sites (tertiary alicyclic amines) is 1. The zero-order chi connectivity index (χ0) is 16.1. The normalized spacial score (nSPS) is 16.5. The van der Waals surface area contributed by atoms with Gasteiger partial charge in [-0.3, -0.25) is 14.5 Å². The van der Waals surface area contributed by atoms with Crippen LogP contribution in [-0.4, -0.2) is 36.3 Å². The monoisotopic (exact) mass is 311 g/mol. The highest BCUT2D eigenvalue weighted by Crippen LogP contribution is 2.18. The summed E-state index contributed by atoms with van der Waals surface area (Å²) in [4.78, 5) is 24.8. The van der Waals surface area contributed by atoms with E-state index in [4.69, 9.17) is 5.73 Å². The van der Waals surface area contributed by atoms with Gasteiger partial charge in [-0.1, -0.05) is 6.07 Å². The van der Waals surface area contributed by atoms with Crippen LogP contribution in [0.1, 0.15) is 18.4 Å². The average Bonchev–Trinajstić information content (AvgIpc) is 2.46. The number of nitrogens with two attached hydrogens (primary N) is 1. The van der Waals surface area contributed by atoms with Crippen LogP contribution in [0, 0.1) is 17.6 Å². The van der Waals surface area contributed by atoms with E-state index in [9.17, 15) is 18.4 Å². The summed E-state index contributed by atoms with van der Waals surface area (Å²) < 4.78 is 26.9. The standard InChI is InChI=1S/C15H19F2N3O2/c16-12-2-1-3-13(17)11(12)8-19-15(22)10-4-6-20(7-5-10)9-14(18)21/h1-3,10H,4-9H2,(H2,18,21)(H,19,22). The summed E-state index contributed by atoms with van der Waals surface area (Å²) >= 11 is 0. The molecule has 0 bridgehead atoms. The van der Waals surface area contributed by atoms with Crippen molar-refractivity contribution >= 4 is 11.8 Å². The third-order valence-electron chi connectivity index (χ3n) is 3.84. The molecule has 0 aliphatic carbocycles. The number of benzene rings is 1. The van der Waals surface area contributed by atoms with Gasteiger partial charge in [-0.15, -0.1) is 0 Å². The van der Waals surface area contributed by atoms with Crippen LogP contribution in [0.5, 0.6) is 0 Å². The Kier molecular flexibility index (Phi) is 5.43. The predicted molar refractivity (Wildman–Crippen MR) is 76.6 cm³/mol. The van der Waals surface area contributed by atoms with E-state index in [0.717, 1.165) is 12.1 Å². The van der Waals surface area contributed by atoms with Crippen molar-refractivity contribution in [2.45, 2.75) is 19.4 Å². The number of nitrogens with zero attached hydrogens (tertiary/aromatic N) is 1. The zero-order valence-corrected chi connectivity index (χ0v) is 12.1. The lowest BCUT2D eigenvalue weighted by Gasteiger charge is -2.30. The van der Waals surface area contributed by atoms with E-state index in [1.807, 2.05) is 4.90 Å². The Labute approximate surface area is 127 Å². The van der Waals surface area contributed by atoms with Gasteiger partial charge >= 0.3 is 0 Å². The number of carbonyl (C=O) groups excluding carboxylic acids is 2. The molecule has 2 amide bonds. The fourth-order valence-corrected chi connectivity index (χ4v) is 2.59. The highest BCUT2D eigenvalue weighted by molar-refractivity contribution is 5.79. The summed E-state index contributed by atoms with van der Waals surface area (Å²) in [6.45, 7) is 1.23. The molecule has 120 valence electrons. The zero-order valence-electron chi connectivity index (χ0n) is 12.1. The van der Waals surface area contributed by atoms with Crippen molar-refractivity contribution in [1.82, 2.24) is 10.2 Å². The van der Waals surface area contributed by atoms with Gasteiger partial charge in [0, 0.05) is 18.0 Å². The van der Waals surface area contributed by atoms with E-state index in [-0.39, 0.29) is 30.5 Å². The van der Waals surface area contributed by atoms with E-state index >= 15 is 0 Å². The summed E-state index contributed by atoms with van der Waals surface area (Å²) in [7, 11) is 0. The second kappa shape index (κ2) is 7.31. The Morgan fingerprint density at radius 3 is 2.36 bits per heavy atom. The molecule has 1 aliphatic rings. The lowest BCUT2D eigenvalue weighted by atomic mass is 9.96. The van der Waals surface area contributed by atoms with Gasteiger partial charge in [0.15, 0.2) is 0 Å². The maximum absolute atomic E-state index is 13.5. The van der Waals surface area contributed by atoms with Crippen molar-refractivity contribution in [2.75, 3.05) is 19.6 Å². The molecule has 3 N–H and O–H groups in total. The molecule has 0 aromatic heterocycles. The predicted octanol–water partition coefficient (Wildman–Crippen LogP) is 0.778. The van der Waals surface area contributed by atoms with Gasteiger partial charge in [-0.05, 0) is 38.1 Å². The van der Waals surface area contributed by atoms with Crippen LogP contribution in [0.2, 0.25) is 0 Å². The number of amides is 2. The van der Waals surface area contributed by atoms with E-state index < -0.39 is 17.5 Å². The molecule has 0 unspecified atom stereocenters. The molecule has 1 heterocycles. The lowest BCUT2D eigenvalue weighted by Crippen LogP contribution is -2.43. The van der Waals surface area contributed by atoms with Crippen molar-refractivity contribution in [3.05, 3.63) is 35.4 Å². The third kappa shape index (κ3) is 4.24. The first-order chi connectivity index (χ1) is 10.5. The van der Waals surface area contributed by atoms with Gasteiger partial charge in [-0.25, -0.2) is 8.78 Å². The van der Waals surface area contributed by atoms with Crippen LogP contribution in [0.4, 0.5) is 8.78 Å². The molecule has 7 heteroatoms. The highest BCUT2D eigenvalue weighted by atomic mass is 19.1. The van der Waals surface area contributed by atoms with Crippen LogP contribution in [0.25, 0.3) is 0 Å². The van der Waals surface area contributed by atoms with Gasteiger partial charge in [0.25, 0.3) is 0 Å². The minimum Gasteiger partial charge on any atom is -0.369 e.